The molecule has 8 rings (SSSR count). The average Bonchev–Trinajstić information content (AvgIpc) is 4.20. The number of pyridine rings is 2. The zero-order chi connectivity index (χ0) is 58.9. The summed E-state index contributed by atoms with van der Waals surface area (Å²) in [5.41, 5.74) is 1.04. The van der Waals surface area contributed by atoms with Crippen molar-refractivity contribution in [2.45, 2.75) is 79.1 Å². The van der Waals surface area contributed by atoms with Crippen LogP contribution in [0.5, 0.6) is 17.2 Å². The summed E-state index contributed by atoms with van der Waals surface area (Å²) >= 11 is 2.74. The quantitative estimate of drug-likeness (QED) is 0.111. The third-order valence-electron chi connectivity index (χ3n) is 14.0. The van der Waals surface area contributed by atoms with Crippen LogP contribution in [-0.4, -0.2) is 210 Å². The fourth-order valence-electron chi connectivity index (χ4n) is 9.42. The van der Waals surface area contributed by atoms with Crippen LogP contribution in [0.25, 0.3) is 0 Å². The number of hydrogen-bond donors (Lipinski definition) is 4. The number of aliphatic carboxylic acids is 2. The van der Waals surface area contributed by atoms with Gasteiger partial charge < -0.3 is 59.5 Å². The van der Waals surface area contributed by atoms with E-state index in [1.54, 1.807) is 44.3 Å². The first kappa shape index (κ1) is 60.4. The molecule has 6 heterocycles. The Morgan fingerprint density at radius 3 is 1.52 bits per heavy atom. The van der Waals surface area contributed by atoms with Crippen LogP contribution >= 0.6 is 23.5 Å². The van der Waals surface area contributed by atoms with E-state index in [2.05, 4.69) is 20.6 Å². The molecule has 4 aliphatic heterocycles. The highest BCUT2D eigenvalue weighted by Gasteiger charge is 2.52. The van der Waals surface area contributed by atoms with Gasteiger partial charge in [0, 0.05) is 93.3 Å². The minimum atomic E-state index is -4.14. The van der Waals surface area contributed by atoms with Crippen LogP contribution in [-0.2, 0) is 51.6 Å². The van der Waals surface area contributed by atoms with E-state index >= 15 is 0 Å². The molecule has 0 radical (unpaired) electrons. The molecule has 0 saturated carbocycles. The molecule has 4 N–H and O–H groups in total. The second-order valence-corrected chi connectivity index (χ2v) is 25.6. The largest absolute Gasteiger partial charge is 0.480 e. The third-order valence-corrected chi connectivity index (χ3v) is 18.7. The molecule has 2 aromatic heterocycles. The predicted molar refractivity (Wildman–Crippen MR) is 295 cm³/mol. The van der Waals surface area contributed by atoms with Crippen molar-refractivity contribution in [1.82, 2.24) is 49.6 Å². The first-order chi connectivity index (χ1) is 39.0. The van der Waals surface area contributed by atoms with Gasteiger partial charge in [-0.2, -0.15) is 4.31 Å². The van der Waals surface area contributed by atoms with E-state index in [9.17, 15) is 57.0 Å². The van der Waals surface area contributed by atoms with Crippen molar-refractivity contribution < 1.29 is 76.0 Å². The SMILES string of the molecule is CC1(C)SCN(Oc2cccnc2)[C@@H]1C(=O)N[C@@H](Cc1ccc(OC(=O)N2CCN(C(=O)COC(=O)N3CCN(C(=O)Oc4ccc(C[C@H](NC(=O)[C@H]5N(S(=O)(=O)c6cccnc6)CSC5(C)C)C(=O)O)cc4)CC3)CC2)cc1)C(=O)O. The van der Waals surface area contributed by atoms with Gasteiger partial charge in [-0.25, -0.2) is 32.4 Å². The number of nitrogens with zero attached hydrogens (tertiary/aromatic N) is 8. The fraction of sp³-hybridized carbons (Fsp3) is 0.434. The number of rotatable bonds is 18. The number of benzene rings is 2. The molecule has 4 aromatic rings. The number of carboxylic acid groups (broad SMARTS) is 2. The van der Waals surface area contributed by atoms with Crippen LogP contribution in [0.3, 0.4) is 0 Å². The lowest BCUT2D eigenvalue weighted by molar-refractivity contribution is -0.148. The van der Waals surface area contributed by atoms with E-state index in [1.165, 1.54) is 115 Å². The molecular formula is C53H62N10O16S3. The molecule has 6 amide bonds. The molecule has 0 spiro atoms. The third kappa shape index (κ3) is 14.8. The number of amides is 6. The van der Waals surface area contributed by atoms with Crippen molar-refractivity contribution in [1.29, 1.82) is 0 Å². The number of carbonyl (C=O) groups excluding carboxylic acids is 6. The summed E-state index contributed by atoms with van der Waals surface area (Å²) in [5.74, 6) is -3.22. The summed E-state index contributed by atoms with van der Waals surface area (Å²) in [6, 6.07) is 13.7. The second-order valence-electron chi connectivity index (χ2n) is 20.5. The fourth-order valence-corrected chi connectivity index (χ4v) is 13.6. The summed E-state index contributed by atoms with van der Waals surface area (Å²) < 4.78 is 43.0. The number of hydrogen-bond acceptors (Lipinski definition) is 19. The van der Waals surface area contributed by atoms with Gasteiger partial charge >= 0.3 is 30.2 Å². The zero-order valence-corrected chi connectivity index (χ0v) is 47.6. The lowest BCUT2D eigenvalue weighted by Gasteiger charge is -2.35. The number of nitrogens with one attached hydrogen (secondary N) is 2. The van der Waals surface area contributed by atoms with Crippen molar-refractivity contribution in [2.75, 3.05) is 70.7 Å². The molecule has 82 heavy (non-hydrogen) atoms. The number of carbonyl (C=O) groups is 8. The molecule has 29 heteroatoms. The first-order valence-corrected chi connectivity index (χ1v) is 29.3. The maximum absolute atomic E-state index is 13.7. The molecule has 0 aliphatic carbocycles. The molecule has 4 aliphatic rings. The number of hydroxylamine groups is 2. The smallest absolute Gasteiger partial charge is 0.415 e. The van der Waals surface area contributed by atoms with Gasteiger partial charge in [-0.3, -0.25) is 24.4 Å². The Morgan fingerprint density at radius 2 is 1.05 bits per heavy atom. The maximum atomic E-state index is 13.7. The van der Waals surface area contributed by atoms with E-state index in [0.29, 0.717) is 22.8 Å². The Balaban J connectivity index is 0.721. The maximum Gasteiger partial charge on any atom is 0.415 e. The van der Waals surface area contributed by atoms with Gasteiger partial charge in [-0.05, 0) is 87.4 Å². The molecule has 438 valence electrons. The topological polar surface area (TPSA) is 317 Å². The monoisotopic (exact) mass is 1190 g/mol. The molecule has 26 nitrogen and oxygen atoms in total. The van der Waals surface area contributed by atoms with Gasteiger partial charge in [0.1, 0.15) is 40.6 Å². The van der Waals surface area contributed by atoms with Crippen LogP contribution in [0.2, 0.25) is 0 Å². The first-order valence-electron chi connectivity index (χ1n) is 25.9. The number of thioether (sulfide) groups is 2. The minimum Gasteiger partial charge on any atom is -0.480 e. The molecule has 2 aromatic carbocycles. The number of ether oxygens (including phenoxy) is 3. The molecule has 4 fully saturated rings. The van der Waals surface area contributed by atoms with E-state index in [4.69, 9.17) is 19.0 Å². The van der Waals surface area contributed by atoms with Gasteiger partial charge in [-0.1, -0.05) is 24.3 Å². The molecular weight excluding hydrogens is 1130 g/mol. The lowest BCUT2D eigenvalue weighted by atomic mass is 10.0. The highest BCUT2D eigenvalue weighted by Crippen LogP contribution is 2.43. The number of sulfonamides is 1. The van der Waals surface area contributed by atoms with Crippen LogP contribution in [0.1, 0.15) is 38.8 Å². The van der Waals surface area contributed by atoms with E-state index in [0.717, 1.165) is 4.31 Å². The lowest BCUT2D eigenvalue weighted by Crippen LogP contribution is -2.56. The molecule has 4 atom stereocenters. The molecule has 0 bridgehead atoms. The highest BCUT2D eigenvalue weighted by molar-refractivity contribution is 8.02. The predicted octanol–water partition coefficient (Wildman–Crippen LogP) is 2.99. The van der Waals surface area contributed by atoms with Crippen LogP contribution in [0.4, 0.5) is 14.4 Å². The summed E-state index contributed by atoms with van der Waals surface area (Å²) in [5, 5.41) is 26.8. The number of aromatic nitrogens is 2. The Hall–Kier alpha value is -7.73. The van der Waals surface area contributed by atoms with Gasteiger partial charge in [0.05, 0.1) is 18.0 Å². The van der Waals surface area contributed by atoms with Crippen LogP contribution in [0, 0.1) is 0 Å². The van der Waals surface area contributed by atoms with E-state index in [1.807, 2.05) is 13.8 Å². The highest BCUT2D eigenvalue weighted by atomic mass is 32.2. The Bertz CT molecular complexity index is 3090. The van der Waals surface area contributed by atoms with Gasteiger partial charge in [-0.15, -0.1) is 28.6 Å². The molecule has 4 saturated heterocycles. The van der Waals surface area contributed by atoms with Crippen molar-refractivity contribution >= 4 is 81.5 Å². The van der Waals surface area contributed by atoms with Crippen LogP contribution < -0.4 is 24.9 Å². The summed E-state index contributed by atoms with van der Waals surface area (Å²) in [6.45, 7) is 7.52. The van der Waals surface area contributed by atoms with Gasteiger partial charge in [0.2, 0.25) is 21.8 Å². The Morgan fingerprint density at radius 1 is 0.598 bits per heavy atom. The van der Waals surface area contributed by atoms with Crippen molar-refractivity contribution in [3.8, 4) is 17.2 Å². The number of carboxylic acids is 2. The van der Waals surface area contributed by atoms with Gasteiger partial charge in [0.15, 0.2) is 12.4 Å². The normalized spacial score (nSPS) is 19.8. The summed E-state index contributed by atoms with van der Waals surface area (Å²) in [6.07, 6.45) is 3.37. The van der Waals surface area contributed by atoms with Gasteiger partial charge in [0.25, 0.3) is 5.91 Å². The Kier molecular flexibility index (Phi) is 19.2. The average molecular weight is 1190 g/mol. The van der Waals surface area contributed by atoms with Crippen molar-refractivity contribution in [2.24, 2.45) is 0 Å². The summed E-state index contributed by atoms with van der Waals surface area (Å²) in [7, 11) is -4.14. The van der Waals surface area contributed by atoms with Crippen LogP contribution in [0.15, 0.2) is 102 Å². The van der Waals surface area contributed by atoms with Crippen molar-refractivity contribution in [3.05, 3.63) is 109 Å². The minimum absolute atomic E-state index is 0.0284. The molecule has 0 unspecified atom stereocenters. The van der Waals surface area contributed by atoms with E-state index < -0.39 is 98.2 Å². The Labute approximate surface area is 480 Å². The van der Waals surface area contributed by atoms with E-state index in [-0.39, 0.29) is 87.5 Å². The number of piperazine rings is 2. The summed E-state index contributed by atoms with van der Waals surface area (Å²) in [4.78, 5) is 123. The van der Waals surface area contributed by atoms with Crippen molar-refractivity contribution in [3.63, 3.8) is 0 Å². The second kappa shape index (κ2) is 26.0. The zero-order valence-electron chi connectivity index (χ0n) is 45.2. The standard InChI is InChI=1S/C53H62N10O16S3/c1-52(2)43(62(32-80-52)79-38-7-5-17-54-29-38)45(65)56-40(47(67)68)27-34-9-13-36(14-10-34)77-50(72)60-21-19-58(20-22-60)42(64)31-76-49(71)59-23-25-61(26-24-59)51(73)78-37-15-11-35(12-16-37)28-41(48(69)70)57-46(66)44-53(3,4)81-33-63(44)82(74,75)39-8-6-18-55-30-39/h5-18,29-30,40-41,43-44H,19-28,31-33H2,1-4H3,(H,56,65)(H,57,66)(H,67,68)(H,69,70)/t40-,41-,43+,44+/m0/s1.